The van der Waals surface area contributed by atoms with Crippen LogP contribution >= 0.6 is 0 Å². The van der Waals surface area contributed by atoms with Crippen LogP contribution in [0.3, 0.4) is 0 Å². The molecule has 3 atom stereocenters. The molecule has 1 saturated carbocycles. The average molecular weight is 438 g/mol. The molecule has 3 heteroatoms. The van der Waals surface area contributed by atoms with Gasteiger partial charge in [0.05, 0.1) is 0 Å². The second kappa shape index (κ2) is 9.04. The van der Waals surface area contributed by atoms with Gasteiger partial charge in [-0.1, -0.05) is 42.3 Å². The number of hydrogen-bond donors (Lipinski definition) is 1. The van der Waals surface area contributed by atoms with Crippen molar-refractivity contribution in [3.63, 3.8) is 0 Å². The van der Waals surface area contributed by atoms with Crippen LogP contribution in [0.25, 0.3) is 0 Å². The third-order valence-corrected chi connectivity index (χ3v) is 7.60. The summed E-state index contributed by atoms with van der Waals surface area (Å²) >= 11 is 0. The zero-order valence-corrected chi connectivity index (χ0v) is 19.3. The molecule has 3 aromatic rings. The minimum absolute atomic E-state index is 0.0280. The lowest BCUT2D eigenvalue weighted by molar-refractivity contribution is -0.00805. The van der Waals surface area contributed by atoms with Gasteiger partial charge in [-0.3, -0.25) is 4.98 Å². The summed E-state index contributed by atoms with van der Waals surface area (Å²) in [4.78, 5) is 4.08. The maximum Gasteiger partial charge on any atom is 0.125 e. The van der Waals surface area contributed by atoms with Gasteiger partial charge in [0.1, 0.15) is 18.0 Å². The molecule has 168 valence electrons. The average Bonchev–Trinajstić information content (AvgIpc) is 2.84. The SMILES string of the molecule is CC#C[C@@]1(O)CC[C@@]2(Cc3ccccc3)c3ccc(OCc4ccncc4)cc3CC[C@@H]2C1. The highest BCUT2D eigenvalue weighted by atomic mass is 16.5. The molecule has 2 aromatic carbocycles. The molecular weight excluding hydrogens is 406 g/mol. The highest BCUT2D eigenvalue weighted by Gasteiger charge is 2.51. The Bertz CT molecular complexity index is 1160. The van der Waals surface area contributed by atoms with Crippen LogP contribution in [0, 0.1) is 17.8 Å². The van der Waals surface area contributed by atoms with Gasteiger partial charge >= 0.3 is 0 Å². The molecule has 0 amide bonds. The smallest absolute Gasteiger partial charge is 0.125 e. The van der Waals surface area contributed by atoms with Crippen molar-refractivity contribution in [2.24, 2.45) is 5.92 Å². The fourth-order valence-electron chi connectivity index (χ4n) is 6.03. The number of benzene rings is 2. The molecule has 1 N–H and O–H groups in total. The van der Waals surface area contributed by atoms with Gasteiger partial charge in [-0.05, 0) is 97.9 Å². The number of nitrogens with zero attached hydrogens (tertiary/aromatic N) is 1. The monoisotopic (exact) mass is 437 g/mol. The lowest BCUT2D eigenvalue weighted by Crippen LogP contribution is -2.50. The summed E-state index contributed by atoms with van der Waals surface area (Å²) in [6, 6.07) is 21.4. The number of hydrogen-bond acceptors (Lipinski definition) is 3. The van der Waals surface area contributed by atoms with E-state index in [0.29, 0.717) is 12.5 Å². The standard InChI is InChI=1S/C30H31NO2/c1-2-14-29(32)15-16-30(20-23-6-4-3-5-7-23)26(21-29)9-8-25-19-27(10-11-28(25)30)33-22-24-12-17-31-18-13-24/h3-7,10-13,17-19,26,32H,8-9,15-16,20-22H2,1H3/t26-,29-,30+/m1/s1. The van der Waals surface area contributed by atoms with E-state index < -0.39 is 5.60 Å². The third kappa shape index (κ3) is 4.41. The topological polar surface area (TPSA) is 42.4 Å². The lowest BCUT2D eigenvalue weighted by Gasteiger charge is -2.52. The Morgan fingerprint density at radius 3 is 2.64 bits per heavy atom. The Morgan fingerprint density at radius 2 is 1.85 bits per heavy atom. The molecule has 0 unspecified atom stereocenters. The lowest BCUT2D eigenvalue weighted by atomic mass is 9.52. The number of aryl methyl sites for hydroxylation is 1. The Balaban J connectivity index is 1.47. The molecular formula is C30H31NO2. The van der Waals surface area contributed by atoms with Crippen LogP contribution in [0.15, 0.2) is 73.1 Å². The highest BCUT2D eigenvalue weighted by Crippen LogP contribution is 2.54. The molecule has 0 bridgehead atoms. The van der Waals surface area contributed by atoms with Crippen molar-refractivity contribution >= 4 is 0 Å². The summed E-state index contributed by atoms with van der Waals surface area (Å²) in [5, 5.41) is 11.2. The van der Waals surface area contributed by atoms with Crippen molar-refractivity contribution in [2.45, 2.75) is 63.1 Å². The minimum atomic E-state index is -0.856. The molecule has 5 rings (SSSR count). The van der Waals surface area contributed by atoms with Crippen molar-refractivity contribution in [1.82, 2.24) is 4.98 Å². The molecule has 33 heavy (non-hydrogen) atoms. The van der Waals surface area contributed by atoms with E-state index in [1.54, 1.807) is 12.4 Å². The molecule has 3 nitrogen and oxygen atoms in total. The van der Waals surface area contributed by atoms with E-state index in [0.717, 1.165) is 49.8 Å². The van der Waals surface area contributed by atoms with E-state index in [4.69, 9.17) is 4.74 Å². The molecule has 0 aliphatic heterocycles. The Labute approximate surface area is 196 Å². The van der Waals surface area contributed by atoms with Gasteiger partial charge in [0.15, 0.2) is 0 Å². The van der Waals surface area contributed by atoms with Gasteiger partial charge in [-0.15, -0.1) is 5.92 Å². The van der Waals surface area contributed by atoms with E-state index >= 15 is 0 Å². The Morgan fingerprint density at radius 1 is 1.03 bits per heavy atom. The van der Waals surface area contributed by atoms with Gasteiger partial charge in [0.25, 0.3) is 0 Å². The van der Waals surface area contributed by atoms with Crippen molar-refractivity contribution in [1.29, 1.82) is 0 Å². The first-order valence-electron chi connectivity index (χ1n) is 12.0. The van der Waals surface area contributed by atoms with Crippen LogP contribution in [0.5, 0.6) is 5.75 Å². The fourth-order valence-corrected chi connectivity index (χ4v) is 6.03. The summed E-state index contributed by atoms with van der Waals surface area (Å²) in [7, 11) is 0. The van der Waals surface area contributed by atoms with Gasteiger partial charge < -0.3 is 9.84 Å². The molecule has 0 spiro atoms. The van der Waals surface area contributed by atoms with E-state index in [-0.39, 0.29) is 5.41 Å². The van der Waals surface area contributed by atoms with Crippen LogP contribution in [0.1, 0.15) is 54.9 Å². The zero-order valence-electron chi connectivity index (χ0n) is 19.3. The molecule has 1 fully saturated rings. The van der Waals surface area contributed by atoms with E-state index in [1.807, 2.05) is 19.1 Å². The van der Waals surface area contributed by atoms with Crippen LogP contribution in [-0.2, 0) is 24.9 Å². The first-order chi connectivity index (χ1) is 16.1. The number of rotatable bonds is 5. The summed E-state index contributed by atoms with van der Waals surface area (Å²) < 4.78 is 6.12. The van der Waals surface area contributed by atoms with Crippen molar-refractivity contribution < 1.29 is 9.84 Å². The predicted molar refractivity (Wildman–Crippen MR) is 131 cm³/mol. The largest absolute Gasteiger partial charge is 0.489 e. The summed E-state index contributed by atoms with van der Waals surface area (Å²) in [6.45, 7) is 2.37. The van der Waals surface area contributed by atoms with Gasteiger partial charge in [0.2, 0.25) is 0 Å². The van der Waals surface area contributed by atoms with E-state index in [1.165, 1.54) is 16.7 Å². The van der Waals surface area contributed by atoms with Crippen molar-refractivity contribution in [3.8, 4) is 17.6 Å². The summed E-state index contributed by atoms with van der Waals surface area (Å²) in [5.41, 5.74) is 4.48. The number of ether oxygens (including phenoxy) is 1. The molecule has 2 aliphatic rings. The first-order valence-corrected chi connectivity index (χ1v) is 12.0. The van der Waals surface area contributed by atoms with Crippen LogP contribution < -0.4 is 4.74 Å². The van der Waals surface area contributed by atoms with Crippen LogP contribution in [0.2, 0.25) is 0 Å². The maximum absolute atomic E-state index is 11.2. The second-order valence-corrected chi connectivity index (χ2v) is 9.63. The molecule has 2 aliphatic carbocycles. The molecule has 1 aromatic heterocycles. The van der Waals surface area contributed by atoms with Crippen molar-refractivity contribution in [2.75, 3.05) is 0 Å². The van der Waals surface area contributed by atoms with Crippen LogP contribution in [0.4, 0.5) is 0 Å². The normalized spacial score (nSPS) is 25.8. The van der Waals surface area contributed by atoms with E-state index in [2.05, 4.69) is 65.4 Å². The minimum Gasteiger partial charge on any atom is -0.489 e. The van der Waals surface area contributed by atoms with Gasteiger partial charge in [-0.25, -0.2) is 0 Å². The Hall–Kier alpha value is -3.09. The fraction of sp³-hybridized carbons (Fsp3) is 0.367. The first kappa shape index (κ1) is 21.7. The van der Waals surface area contributed by atoms with E-state index in [9.17, 15) is 5.11 Å². The predicted octanol–water partition coefficient (Wildman–Crippen LogP) is 5.64. The van der Waals surface area contributed by atoms with Gasteiger partial charge in [-0.2, -0.15) is 0 Å². The van der Waals surface area contributed by atoms with Gasteiger partial charge in [0, 0.05) is 17.8 Å². The zero-order chi connectivity index (χ0) is 22.7. The summed E-state index contributed by atoms with van der Waals surface area (Å²) in [6.07, 6.45) is 9.09. The summed E-state index contributed by atoms with van der Waals surface area (Å²) in [5.74, 6) is 7.42. The van der Waals surface area contributed by atoms with Crippen LogP contribution in [-0.4, -0.2) is 15.7 Å². The third-order valence-electron chi connectivity index (χ3n) is 7.60. The number of pyridine rings is 1. The molecule has 1 heterocycles. The molecule has 0 saturated heterocycles. The molecule has 0 radical (unpaired) electrons. The van der Waals surface area contributed by atoms with Crippen molar-refractivity contribution in [3.05, 3.63) is 95.3 Å². The number of aromatic nitrogens is 1. The number of fused-ring (bicyclic) bond motifs is 3. The highest BCUT2D eigenvalue weighted by molar-refractivity contribution is 5.45. The Kier molecular flexibility index (Phi) is 5.96. The second-order valence-electron chi connectivity index (χ2n) is 9.63. The quantitative estimate of drug-likeness (QED) is 0.525. The number of aliphatic hydroxyl groups is 1. The maximum atomic E-state index is 11.2.